The first-order valence-corrected chi connectivity index (χ1v) is 8.28. The van der Waals surface area contributed by atoms with Gasteiger partial charge in [-0.05, 0) is 6.42 Å². The summed E-state index contributed by atoms with van der Waals surface area (Å²) in [6.07, 6.45) is 9.32. The van der Waals surface area contributed by atoms with Gasteiger partial charge in [-0.15, -0.1) is 0 Å². The van der Waals surface area contributed by atoms with Crippen molar-refractivity contribution in [3.8, 4) is 0 Å². The lowest BCUT2D eigenvalue weighted by molar-refractivity contribution is -0.0787. The van der Waals surface area contributed by atoms with Crippen LogP contribution in [0.15, 0.2) is 0 Å². The number of aliphatic hydroxyl groups is 4. The predicted octanol–water partition coefficient (Wildman–Crippen LogP) is 2.37. The van der Waals surface area contributed by atoms with Crippen molar-refractivity contribution in [1.82, 2.24) is 0 Å². The first-order chi connectivity index (χ1) is 9.63. The quantitative estimate of drug-likeness (QED) is 0.370. The maximum Gasteiger partial charge on any atom is 0.108 e. The molecule has 0 amide bonds. The van der Waals surface area contributed by atoms with Crippen LogP contribution in [-0.4, -0.2) is 45.3 Å². The third kappa shape index (κ3) is 10.6. The second-order valence-corrected chi connectivity index (χ2v) is 5.78. The maximum absolute atomic E-state index is 9.62. The SMILES string of the molecule is CCCCCCCCCCCCC(O)C(O)C(O)CO. The van der Waals surface area contributed by atoms with Crippen molar-refractivity contribution in [2.75, 3.05) is 6.61 Å². The van der Waals surface area contributed by atoms with E-state index in [0.29, 0.717) is 6.42 Å². The standard InChI is InChI=1S/C16H34O4/c1-2-3-4-5-6-7-8-9-10-11-12-14(18)16(20)15(19)13-17/h14-20H,2-13H2,1H3. The summed E-state index contributed by atoms with van der Waals surface area (Å²) >= 11 is 0. The normalized spacial score (nSPS) is 16.1. The molecule has 122 valence electrons. The topological polar surface area (TPSA) is 80.9 Å². The van der Waals surface area contributed by atoms with E-state index in [0.717, 1.165) is 12.8 Å². The van der Waals surface area contributed by atoms with Crippen LogP contribution in [0, 0.1) is 0 Å². The summed E-state index contributed by atoms with van der Waals surface area (Å²) in [6, 6.07) is 0. The molecule has 3 atom stereocenters. The van der Waals surface area contributed by atoms with E-state index in [1.54, 1.807) is 0 Å². The van der Waals surface area contributed by atoms with Crippen molar-refractivity contribution >= 4 is 0 Å². The molecular formula is C16H34O4. The maximum atomic E-state index is 9.62. The largest absolute Gasteiger partial charge is 0.394 e. The number of rotatable bonds is 14. The molecule has 0 rings (SSSR count). The highest BCUT2D eigenvalue weighted by Crippen LogP contribution is 2.13. The first-order valence-electron chi connectivity index (χ1n) is 8.28. The van der Waals surface area contributed by atoms with Crippen molar-refractivity contribution in [1.29, 1.82) is 0 Å². The van der Waals surface area contributed by atoms with Gasteiger partial charge in [-0.3, -0.25) is 0 Å². The van der Waals surface area contributed by atoms with E-state index in [-0.39, 0.29) is 0 Å². The molecule has 0 aliphatic rings. The van der Waals surface area contributed by atoms with Crippen molar-refractivity contribution < 1.29 is 20.4 Å². The Balaban J connectivity index is 3.31. The number of unbranched alkanes of at least 4 members (excludes halogenated alkanes) is 9. The van der Waals surface area contributed by atoms with Crippen LogP contribution in [0.25, 0.3) is 0 Å². The molecule has 0 aromatic carbocycles. The minimum atomic E-state index is -1.24. The molecule has 4 N–H and O–H groups in total. The van der Waals surface area contributed by atoms with E-state index < -0.39 is 24.9 Å². The van der Waals surface area contributed by atoms with Gasteiger partial charge in [-0.25, -0.2) is 0 Å². The van der Waals surface area contributed by atoms with Crippen molar-refractivity contribution in [3.63, 3.8) is 0 Å². The van der Waals surface area contributed by atoms with Crippen LogP contribution in [0.2, 0.25) is 0 Å². The molecule has 0 saturated carbocycles. The summed E-state index contributed by atoms with van der Waals surface area (Å²) in [5.74, 6) is 0. The van der Waals surface area contributed by atoms with Gasteiger partial charge in [0.25, 0.3) is 0 Å². The summed E-state index contributed by atoms with van der Waals surface area (Å²) in [5, 5.41) is 37.0. The van der Waals surface area contributed by atoms with Gasteiger partial charge >= 0.3 is 0 Å². The molecule has 0 aliphatic heterocycles. The van der Waals surface area contributed by atoms with Crippen LogP contribution in [0.1, 0.15) is 77.6 Å². The molecule has 4 nitrogen and oxygen atoms in total. The smallest absolute Gasteiger partial charge is 0.108 e. The molecule has 0 radical (unpaired) electrons. The lowest BCUT2D eigenvalue weighted by Crippen LogP contribution is -2.39. The Morgan fingerprint density at radius 1 is 0.650 bits per heavy atom. The van der Waals surface area contributed by atoms with E-state index in [1.165, 1.54) is 51.4 Å². The zero-order valence-electron chi connectivity index (χ0n) is 13.0. The fraction of sp³-hybridized carbons (Fsp3) is 1.00. The second-order valence-electron chi connectivity index (χ2n) is 5.78. The summed E-state index contributed by atoms with van der Waals surface area (Å²) in [4.78, 5) is 0. The highest BCUT2D eigenvalue weighted by atomic mass is 16.4. The zero-order chi connectivity index (χ0) is 15.2. The summed E-state index contributed by atoms with van der Waals surface area (Å²) in [6.45, 7) is 1.71. The van der Waals surface area contributed by atoms with Crippen molar-refractivity contribution in [3.05, 3.63) is 0 Å². The van der Waals surface area contributed by atoms with Crippen LogP contribution < -0.4 is 0 Å². The Bertz CT molecular complexity index is 199. The Labute approximate surface area is 123 Å². The molecule has 0 aliphatic carbocycles. The van der Waals surface area contributed by atoms with Crippen LogP contribution in [0.5, 0.6) is 0 Å². The van der Waals surface area contributed by atoms with E-state index in [4.69, 9.17) is 5.11 Å². The van der Waals surface area contributed by atoms with Gasteiger partial charge in [-0.1, -0.05) is 71.1 Å². The molecule has 0 saturated heterocycles. The summed E-state index contributed by atoms with van der Waals surface area (Å²) in [7, 11) is 0. The predicted molar refractivity (Wildman–Crippen MR) is 81.6 cm³/mol. The van der Waals surface area contributed by atoms with Crippen molar-refractivity contribution in [2.45, 2.75) is 95.9 Å². The average molecular weight is 290 g/mol. The molecule has 0 fully saturated rings. The van der Waals surface area contributed by atoms with E-state index >= 15 is 0 Å². The summed E-state index contributed by atoms with van der Waals surface area (Å²) < 4.78 is 0. The molecule has 3 unspecified atom stereocenters. The second kappa shape index (κ2) is 13.8. The molecule has 20 heavy (non-hydrogen) atoms. The van der Waals surface area contributed by atoms with E-state index in [9.17, 15) is 15.3 Å². The van der Waals surface area contributed by atoms with Gasteiger partial charge in [0.05, 0.1) is 12.7 Å². The Morgan fingerprint density at radius 3 is 1.55 bits per heavy atom. The molecular weight excluding hydrogens is 256 g/mol. The van der Waals surface area contributed by atoms with Crippen molar-refractivity contribution in [2.24, 2.45) is 0 Å². The van der Waals surface area contributed by atoms with Gasteiger partial charge in [0.2, 0.25) is 0 Å². The number of hydrogen-bond donors (Lipinski definition) is 4. The van der Waals surface area contributed by atoms with Gasteiger partial charge in [0.1, 0.15) is 12.2 Å². The molecule has 0 bridgehead atoms. The molecule has 0 aromatic heterocycles. The minimum absolute atomic E-state index is 0.481. The Hall–Kier alpha value is -0.160. The highest BCUT2D eigenvalue weighted by molar-refractivity contribution is 4.74. The molecule has 0 heterocycles. The van der Waals surface area contributed by atoms with Crippen LogP contribution >= 0.6 is 0 Å². The van der Waals surface area contributed by atoms with Gasteiger partial charge in [0, 0.05) is 0 Å². The third-order valence-electron chi connectivity index (χ3n) is 3.83. The van der Waals surface area contributed by atoms with Gasteiger partial charge in [-0.2, -0.15) is 0 Å². The fourth-order valence-electron chi connectivity index (χ4n) is 2.38. The fourth-order valence-corrected chi connectivity index (χ4v) is 2.38. The van der Waals surface area contributed by atoms with Gasteiger partial charge in [0.15, 0.2) is 0 Å². The third-order valence-corrected chi connectivity index (χ3v) is 3.83. The Kier molecular flexibility index (Phi) is 13.7. The van der Waals surface area contributed by atoms with E-state index in [2.05, 4.69) is 6.92 Å². The average Bonchev–Trinajstić information content (AvgIpc) is 2.47. The first kappa shape index (κ1) is 19.8. The zero-order valence-corrected chi connectivity index (χ0v) is 13.0. The summed E-state index contributed by atoms with van der Waals surface area (Å²) in [5.41, 5.74) is 0. The number of aliphatic hydroxyl groups excluding tert-OH is 4. The van der Waals surface area contributed by atoms with E-state index in [1.807, 2.05) is 0 Å². The lowest BCUT2D eigenvalue weighted by atomic mass is 10.0. The highest BCUT2D eigenvalue weighted by Gasteiger charge is 2.23. The van der Waals surface area contributed by atoms with Gasteiger partial charge < -0.3 is 20.4 Å². The number of hydrogen-bond acceptors (Lipinski definition) is 4. The Morgan fingerprint density at radius 2 is 1.10 bits per heavy atom. The minimum Gasteiger partial charge on any atom is -0.394 e. The monoisotopic (exact) mass is 290 g/mol. The molecule has 0 aromatic rings. The van der Waals surface area contributed by atoms with Crippen LogP contribution in [0.3, 0.4) is 0 Å². The molecule has 0 spiro atoms. The van der Waals surface area contributed by atoms with Crippen LogP contribution in [0.4, 0.5) is 0 Å². The lowest BCUT2D eigenvalue weighted by Gasteiger charge is -2.21. The molecule has 4 heteroatoms. The van der Waals surface area contributed by atoms with Crippen LogP contribution in [-0.2, 0) is 0 Å².